The Morgan fingerprint density at radius 3 is 2.33 bits per heavy atom. The zero-order valence-corrected chi connectivity index (χ0v) is 9.06. The smallest absolute Gasteiger partial charge is 0.113 e. The average molecular weight is 340 g/mol. The molecular weight excluding hydrogens is 327 g/mol. The standard InChI is InChI=1S/C13H10N4.In.3H/c1-2-4-12(5-3-1)17-10-13(15-16-17)11-6-8-14-9-7-11;;;;/h1-10H;;;;. The van der Waals surface area contributed by atoms with Crippen LogP contribution in [0.1, 0.15) is 0 Å². The third kappa shape index (κ3) is 2.61. The van der Waals surface area contributed by atoms with Gasteiger partial charge in [0.2, 0.25) is 0 Å². The van der Waals surface area contributed by atoms with Gasteiger partial charge in [0.05, 0.1) is 11.9 Å². The molecule has 0 fully saturated rings. The Balaban J connectivity index is 0.00000120. The molecule has 4 nitrogen and oxygen atoms in total. The summed E-state index contributed by atoms with van der Waals surface area (Å²) in [5.74, 6) is 0. The maximum Gasteiger partial charge on any atom is 0.113 e. The average Bonchev–Trinajstić information content (AvgIpc) is 2.90. The van der Waals surface area contributed by atoms with Crippen LogP contribution in [0.5, 0.6) is 0 Å². The number of nitrogens with zero attached hydrogens (tertiary/aromatic N) is 4. The van der Waals surface area contributed by atoms with E-state index in [1.54, 1.807) is 17.1 Å². The molecule has 0 atom stereocenters. The van der Waals surface area contributed by atoms with E-state index in [2.05, 4.69) is 15.3 Å². The molecule has 1 aromatic carbocycles. The van der Waals surface area contributed by atoms with Crippen LogP contribution in [0.15, 0.2) is 61.1 Å². The van der Waals surface area contributed by atoms with Crippen LogP contribution < -0.4 is 0 Å². The minimum atomic E-state index is 0. The second-order valence-corrected chi connectivity index (χ2v) is 3.62. The Morgan fingerprint density at radius 1 is 0.889 bits per heavy atom. The third-order valence-corrected chi connectivity index (χ3v) is 2.49. The first-order chi connectivity index (χ1) is 8.43. The summed E-state index contributed by atoms with van der Waals surface area (Å²) in [6.07, 6.45) is 5.40. The molecule has 0 aliphatic heterocycles. The molecule has 3 rings (SSSR count). The summed E-state index contributed by atoms with van der Waals surface area (Å²) in [6.45, 7) is 0. The number of aromatic nitrogens is 4. The van der Waals surface area contributed by atoms with Crippen molar-refractivity contribution in [1.29, 1.82) is 0 Å². The van der Waals surface area contributed by atoms with Crippen molar-refractivity contribution in [1.82, 2.24) is 20.0 Å². The van der Waals surface area contributed by atoms with Crippen LogP contribution in [0, 0.1) is 0 Å². The van der Waals surface area contributed by atoms with E-state index in [4.69, 9.17) is 0 Å². The maximum absolute atomic E-state index is 4.15. The summed E-state index contributed by atoms with van der Waals surface area (Å²) in [5.41, 5.74) is 2.86. The summed E-state index contributed by atoms with van der Waals surface area (Å²) in [6, 6.07) is 13.7. The first kappa shape index (κ1) is 12.8. The molecule has 0 saturated heterocycles. The van der Waals surface area contributed by atoms with Crippen molar-refractivity contribution in [3.63, 3.8) is 0 Å². The van der Waals surface area contributed by atoms with Crippen molar-refractivity contribution in [3.05, 3.63) is 61.1 Å². The first-order valence-corrected chi connectivity index (χ1v) is 5.32. The van der Waals surface area contributed by atoms with Crippen LogP contribution in [0.2, 0.25) is 0 Å². The topological polar surface area (TPSA) is 43.6 Å². The Kier molecular flexibility index (Phi) is 4.15. The Hall–Kier alpha value is -1.62. The summed E-state index contributed by atoms with van der Waals surface area (Å²) < 4.78 is 1.76. The van der Waals surface area contributed by atoms with E-state index >= 15 is 0 Å². The molecule has 18 heavy (non-hydrogen) atoms. The fourth-order valence-electron chi connectivity index (χ4n) is 1.63. The monoisotopic (exact) mass is 340 g/mol. The van der Waals surface area contributed by atoms with Crippen molar-refractivity contribution in [3.8, 4) is 16.9 Å². The van der Waals surface area contributed by atoms with E-state index in [-0.39, 0.29) is 25.8 Å². The van der Waals surface area contributed by atoms with Gasteiger partial charge in [-0.15, -0.1) is 5.10 Å². The van der Waals surface area contributed by atoms with Gasteiger partial charge in [-0.3, -0.25) is 4.98 Å². The molecular formula is C13H13InN4. The van der Waals surface area contributed by atoms with Gasteiger partial charge in [-0.1, -0.05) is 23.4 Å². The number of benzene rings is 1. The molecule has 0 amide bonds. The third-order valence-electron chi connectivity index (χ3n) is 2.49. The molecule has 0 aliphatic carbocycles. The van der Waals surface area contributed by atoms with Crippen molar-refractivity contribution >= 4 is 25.8 Å². The van der Waals surface area contributed by atoms with Crippen LogP contribution in [0.25, 0.3) is 16.9 Å². The molecule has 0 radical (unpaired) electrons. The molecule has 88 valence electrons. The van der Waals surface area contributed by atoms with Crippen molar-refractivity contribution in [2.45, 2.75) is 0 Å². The predicted octanol–water partition coefficient (Wildman–Crippen LogP) is 1.15. The van der Waals surface area contributed by atoms with Crippen molar-refractivity contribution in [2.75, 3.05) is 0 Å². The van der Waals surface area contributed by atoms with E-state index in [0.29, 0.717) is 0 Å². The number of hydrogen-bond acceptors (Lipinski definition) is 3. The van der Waals surface area contributed by atoms with Gasteiger partial charge in [0.1, 0.15) is 5.69 Å². The summed E-state index contributed by atoms with van der Waals surface area (Å²) in [7, 11) is 0. The molecule has 2 aromatic heterocycles. The van der Waals surface area contributed by atoms with E-state index in [0.717, 1.165) is 16.9 Å². The minimum absolute atomic E-state index is 0. The Labute approximate surface area is 123 Å². The maximum atomic E-state index is 4.15. The second kappa shape index (κ2) is 5.82. The zero-order chi connectivity index (χ0) is 11.5. The number of para-hydroxylation sites is 1. The second-order valence-electron chi connectivity index (χ2n) is 3.62. The molecule has 2 heterocycles. The molecule has 0 N–H and O–H groups in total. The first-order valence-electron chi connectivity index (χ1n) is 5.32. The van der Waals surface area contributed by atoms with E-state index in [1.807, 2.05) is 48.7 Å². The summed E-state index contributed by atoms with van der Waals surface area (Å²) >= 11 is 0. The Bertz CT molecular complexity index is 553. The van der Waals surface area contributed by atoms with Crippen LogP contribution in [0.4, 0.5) is 0 Å². The molecule has 5 heteroatoms. The van der Waals surface area contributed by atoms with Crippen LogP contribution in [0.3, 0.4) is 0 Å². The van der Waals surface area contributed by atoms with Gasteiger partial charge in [0, 0.05) is 18.0 Å². The van der Waals surface area contributed by atoms with Crippen LogP contribution in [-0.4, -0.2) is 45.8 Å². The SMILES string of the molecule is [InH3].c1ccc(-n2cc(-c3ccncc3)nn2)cc1. The van der Waals surface area contributed by atoms with Crippen LogP contribution >= 0.6 is 0 Å². The fourth-order valence-corrected chi connectivity index (χ4v) is 1.63. The van der Waals surface area contributed by atoms with Crippen LogP contribution in [-0.2, 0) is 0 Å². The van der Waals surface area contributed by atoms with Gasteiger partial charge in [0.25, 0.3) is 0 Å². The van der Waals surface area contributed by atoms with Gasteiger partial charge in [-0.25, -0.2) is 4.68 Å². The zero-order valence-electron chi connectivity index (χ0n) is 9.06. The number of pyridine rings is 1. The largest absolute Gasteiger partial charge is 0.265 e. The predicted molar refractivity (Wildman–Crippen MR) is 74.5 cm³/mol. The van der Waals surface area contributed by atoms with Gasteiger partial charge < -0.3 is 0 Å². The molecule has 0 bridgehead atoms. The molecule has 0 unspecified atom stereocenters. The quantitative estimate of drug-likeness (QED) is 0.703. The van der Waals surface area contributed by atoms with Gasteiger partial charge in [0.15, 0.2) is 0 Å². The molecule has 0 saturated carbocycles. The van der Waals surface area contributed by atoms with Crippen molar-refractivity contribution in [2.24, 2.45) is 0 Å². The van der Waals surface area contributed by atoms with E-state index in [1.165, 1.54) is 0 Å². The normalized spacial score (nSPS) is 9.78. The number of rotatable bonds is 2. The van der Waals surface area contributed by atoms with E-state index < -0.39 is 0 Å². The minimum Gasteiger partial charge on any atom is -0.265 e. The summed E-state index contributed by atoms with van der Waals surface area (Å²) in [5, 5.41) is 8.26. The molecule has 0 spiro atoms. The van der Waals surface area contributed by atoms with Gasteiger partial charge in [-0.2, -0.15) is 0 Å². The molecule has 3 aromatic rings. The van der Waals surface area contributed by atoms with E-state index in [9.17, 15) is 0 Å². The van der Waals surface area contributed by atoms with Crippen molar-refractivity contribution < 1.29 is 0 Å². The Morgan fingerprint density at radius 2 is 1.61 bits per heavy atom. The summed E-state index contributed by atoms with van der Waals surface area (Å²) in [4.78, 5) is 3.98. The van der Waals surface area contributed by atoms with Gasteiger partial charge in [-0.05, 0) is 24.3 Å². The van der Waals surface area contributed by atoms with Gasteiger partial charge >= 0.3 is 25.8 Å². The number of hydrogen-bond donors (Lipinski definition) is 0. The fraction of sp³-hybridized carbons (Fsp3) is 0. The molecule has 0 aliphatic rings.